The van der Waals surface area contributed by atoms with Gasteiger partial charge in [-0.1, -0.05) is 144 Å². The van der Waals surface area contributed by atoms with Crippen molar-refractivity contribution in [3.8, 4) is 33.4 Å². The molecule has 1 spiro atoms. The molecule has 0 unspecified atom stereocenters. The summed E-state index contributed by atoms with van der Waals surface area (Å²) >= 11 is 6.38. The summed E-state index contributed by atoms with van der Waals surface area (Å²) in [4.78, 5) is 0. The minimum atomic E-state index is -0.417. The van der Waals surface area contributed by atoms with E-state index in [2.05, 4.69) is 133 Å². The molecule has 0 N–H and O–H groups in total. The normalized spacial score (nSPS) is 14.5. The van der Waals surface area contributed by atoms with Crippen LogP contribution in [-0.4, -0.2) is 0 Å². The van der Waals surface area contributed by atoms with Gasteiger partial charge in [0.15, 0.2) is 0 Å². The lowest BCUT2D eigenvalue weighted by Crippen LogP contribution is -2.28. The molecular weight excluding hydrogens is 516 g/mol. The maximum atomic E-state index is 6.38. The molecule has 1 heteroatoms. The van der Waals surface area contributed by atoms with Crippen molar-refractivity contribution in [2.75, 3.05) is 0 Å². The third-order valence-electron chi connectivity index (χ3n) is 9.33. The maximum absolute atomic E-state index is 6.38. The summed E-state index contributed by atoms with van der Waals surface area (Å²) in [6.45, 7) is 16.1. The molecule has 5 aromatic carbocycles. The number of rotatable bonds is 1. The van der Waals surface area contributed by atoms with Crippen molar-refractivity contribution in [2.24, 2.45) is 0 Å². The Morgan fingerprint density at radius 3 is 1.56 bits per heavy atom. The number of benzene rings is 5. The van der Waals surface area contributed by atoms with Crippen LogP contribution in [0.5, 0.6) is 0 Å². The van der Waals surface area contributed by atoms with Crippen LogP contribution >= 0.6 is 11.6 Å². The minimum absolute atomic E-state index is 0.0358. The second-order valence-corrected chi connectivity index (χ2v) is 14.5. The van der Waals surface area contributed by atoms with Gasteiger partial charge in [-0.05, 0) is 96.6 Å². The van der Waals surface area contributed by atoms with E-state index in [1.165, 1.54) is 72.3 Å². The van der Waals surface area contributed by atoms with Crippen LogP contribution in [0.2, 0.25) is 5.02 Å². The molecule has 0 nitrogen and oxygen atoms in total. The largest absolute Gasteiger partial charge is 0.0843 e. The lowest BCUT2D eigenvalue weighted by Gasteiger charge is -2.34. The van der Waals surface area contributed by atoms with Crippen molar-refractivity contribution in [3.05, 3.63) is 141 Å². The molecule has 0 aromatic heterocycles. The standard InChI is InChI=1S/C40H37Cl/c1-24-11-18-32-33-10-8-9-29(25-12-16-28(41)17-13-25)37(33)40(34(32)21-24)35-22-26(38(2,3)4)14-19-30(35)31-20-15-27(23-36(31)40)39(5,6)7/h8-23H,1-7H3. The van der Waals surface area contributed by atoms with Crippen LogP contribution in [0.15, 0.2) is 97.1 Å². The lowest BCUT2D eigenvalue weighted by atomic mass is 9.67. The Balaban J connectivity index is 1.70. The second kappa shape index (κ2) is 8.70. The highest BCUT2D eigenvalue weighted by molar-refractivity contribution is 6.30. The van der Waals surface area contributed by atoms with Gasteiger partial charge in [0.05, 0.1) is 5.41 Å². The van der Waals surface area contributed by atoms with Crippen LogP contribution in [-0.2, 0) is 16.2 Å². The van der Waals surface area contributed by atoms with E-state index in [0.29, 0.717) is 0 Å². The molecule has 204 valence electrons. The quantitative estimate of drug-likeness (QED) is 0.190. The average Bonchev–Trinajstić information content (AvgIpc) is 3.38. The Morgan fingerprint density at radius 2 is 1.00 bits per heavy atom. The molecule has 0 saturated heterocycles. The van der Waals surface area contributed by atoms with E-state index >= 15 is 0 Å². The predicted octanol–water partition coefficient (Wildman–Crippen LogP) is 11.3. The third kappa shape index (κ3) is 3.73. The van der Waals surface area contributed by atoms with Crippen molar-refractivity contribution in [1.82, 2.24) is 0 Å². The van der Waals surface area contributed by atoms with Crippen molar-refractivity contribution in [3.63, 3.8) is 0 Å². The zero-order chi connectivity index (χ0) is 28.9. The fourth-order valence-electron chi connectivity index (χ4n) is 7.21. The summed E-state index contributed by atoms with van der Waals surface area (Å²) in [6.07, 6.45) is 0. The Bertz CT molecular complexity index is 1790. The molecule has 0 saturated carbocycles. The van der Waals surface area contributed by atoms with Gasteiger partial charge >= 0.3 is 0 Å². The molecule has 0 amide bonds. The summed E-state index contributed by atoms with van der Waals surface area (Å²) in [5, 5.41) is 0.760. The molecule has 0 aliphatic heterocycles. The van der Waals surface area contributed by atoms with Crippen LogP contribution in [0.25, 0.3) is 33.4 Å². The monoisotopic (exact) mass is 552 g/mol. The maximum Gasteiger partial charge on any atom is 0.0731 e. The second-order valence-electron chi connectivity index (χ2n) is 14.1. The highest BCUT2D eigenvalue weighted by Crippen LogP contribution is 2.65. The van der Waals surface area contributed by atoms with Gasteiger partial charge in [-0.3, -0.25) is 0 Å². The first-order valence-electron chi connectivity index (χ1n) is 14.7. The van der Waals surface area contributed by atoms with Gasteiger partial charge in [0.25, 0.3) is 0 Å². The summed E-state index contributed by atoms with van der Waals surface area (Å²) in [6, 6.07) is 36.8. The van der Waals surface area contributed by atoms with E-state index in [1.54, 1.807) is 0 Å². The van der Waals surface area contributed by atoms with E-state index in [-0.39, 0.29) is 10.8 Å². The Kier molecular flexibility index (Phi) is 5.58. The molecule has 5 aromatic rings. The van der Waals surface area contributed by atoms with E-state index in [9.17, 15) is 0 Å². The molecule has 0 bridgehead atoms. The molecular formula is C40H37Cl. The molecule has 0 heterocycles. The van der Waals surface area contributed by atoms with Crippen LogP contribution in [0.4, 0.5) is 0 Å². The molecule has 41 heavy (non-hydrogen) atoms. The summed E-state index contributed by atoms with van der Waals surface area (Å²) < 4.78 is 0. The highest BCUT2D eigenvalue weighted by atomic mass is 35.5. The number of hydrogen-bond acceptors (Lipinski definition) is 0. The lowest BCUT2D eigenvalue weighted by molar-refractivity contribution is 0.586. The van der Waals surface area contributed by atoms with Crippen molar-refractivity contribution in [2.45, 2.75) is 64.7 Å². The van der Waals surface area contributed by atoms with Gasteiger partial charge in [0, 0.05) is 5.02 Å². The fourth-order valence-corrected chi connectivity index (χ4v) is 7.33. The van der Waals surface area contributed by atoms with Gasteiger partial charge in [-0.25, -0.2) is 0 Å². The molecule has 2 aliphatic carbocycles. The number of hydrogen-bond donors (Lipinski definition) is 0. The van der Waals surface area contributed by atoms with Gasteiger partial charge in [-0.2, -0.15) is 0 Å². The van der Waals surface area contributed by atoms with E-state index in [4.69, 9.17) is 11.6 Å². The van der Waals surface area contributed by atoms with Gasteiger partial charge < -0.3 is 0 Å². The zero-order valence-corrected chi connectivity index (χ0v) is 25.9. The Hall–Kier alpha value is -3.61. The third-order valence-corrected chi connectivity index (χ3v) is 9.59. The number of aryl methyl sites for hydroxylation is 1. The Morgan fingerprint density at radius 1 is 0.512 bits per heavy atom. The Labute approximate surface area is 250 Å². The van der Waals surface area contributed by atoms with Crippen molar-refractivity contribution in [1.29, 1.82) is 0 Å². The van der Waals surface area contributed by atoms with Crippen LogP contribution in [0.3, 0.4) is 0 Å². The highest BCUT2D eigenvalue weighted by Gasteiger charge is 2.53. The number of fused-ring (bicyclic) bond motifs is 10. The SMILES string of the molecule is Cc1ccc2c(c1)C1(c3cc(C(C)(C)C)ccc3-c3ccc(C(C)(C)C)cc31)c1c(-c3ccc(Cl)cc3)cccc1-2. The average molecular weight is 553 g/mol. The van der Waals surface area contributed by atoms with Gasteiger partial charge in [-0.15, -0.1) is 0 Å². The van der Waals surface area contributed by atoms with Gasteiger partial charge in [0.2, 0.25) is 0 Å². The smallest absolute Gasteiger partial charge is 0.0731 e. The first-order chi connectivity index (χ1) is 19.4. The zero-order valence-electron chi connectivity index (χ0n) is 25.1. The molecule has 0 atom stereocenters. The molecule has 0 fully saturated rings. The number of halogens is 1. The van der Waals surface area contributed by atoms with E-state index < -0.39 is 5.41 Å². The van der Waals surface area contributed by atoms with Crippen molar-refractivity contribution >= 4 is 11.6 Å². The topological polar surface area (TPSA) is 0 Å². The van der Waals surface area contributed by atoms with Crippen LogP contribution in [0, 0.1) is 6.92 Å². The first kappa shape index (κ1) is 26.3. The molecule has 2 aliphatic rings. The van der Waals surface area contributed by atoms with Gasteiger partial charge in [0.1, 0.15) is 0 Å². The van der Waals surface area contributed by atoms with E-state index in [1.807, 2.05) is 12.1 Å². The summed E-state index contributed by atoms with van der Waals surface area (Å²) in [7, 11) is 0. The van der Waals surface area contributed by atoms with Crippen LogP contribution < -0.4 is 0 Å². The van der Waals surface area contributed by atoms with Crippen LogP contribution in [0.1, 0.15) is 80.5 Å². The first-order valence-corrected chi connectivity index (χ1v) is 15.1. The predicted molar refractivity (Wildman–Crippen MR) is 175 cm³/mol. The summed E-state index contributed by atoms with van der Waals surface area (Å²) in [5.41, 5.74) is 17.1. The molecule has 0 radical (unpaired) electrons. The van der Waals surface area contributed by atoms with Crippen molar-refractivity contribution < 1.29 is 0 Å². The minimum Gasteiger partial charge on any atom is -0.0843 e. The van der Waals surface area contributed by atoms with E-state index in [0.717, 1.165) is 5.02 Å². The fraction of sp³-hybridized carbons (Fsp3) is 0.250. The summed E-state index contributed by atoms with van der Waals surface area (Å²) in [5.74, 6) is 0. The molecule has 7 rings (SSSR count).